The van der Waals surface area contributed by atoms with E-state index in [1.54, 1.807) is 18.2 Å². The van der Waals surface area contributed by atoms with Gasteiger partial charge >= 0.3 is 5.97 Å². The van der Waals surface area contributed by atoms with E-state index in [2.05, 4.69) is 14.9 Å². The molecule has 0 aliphatic carbocycles. The number of nitrogens with zero attached hydrogens (tertiary/aromatic N) is 3. The second-order valence-corrected chi connectivity index (χ2v) is 9.07. The first-order valence-electron chi connectivity index (χ1n) is 10.2. The number of carbonyl (C=O) groups is 1. The first kappa shape index (κ1) is 23.6. The fraction of sp³-hybridized carbons (Fsp3) is 0.0870. The molecule has 4 rings (SSSR count). The zero-order valence-corrected chi connectivity index (χ0v) is 19.1. The summed E-state index contributed by atoms with van der Waals surface area (Å²) < 4.78 is 38.5. The van der Waals surface area contributed by atoms with Gasteiger partial charge in [0, 0.05) is 23.4 Å². The maximum Gasteiger partial charge on any atom is 0.338 e. The van der Waals surface area contributed by atoms with Crippen molar-refractivity contribution in [1.82, 2.24) is 10.2 Å². The van der Waals surface area contributed by atoms with Crippen LogP contribution < -0.4 is 4.72 Å². The van der Waals surface area contributed by atoms with Crippen molar-refractivity contribution in [1.29, 1.82) is 0 Å². The van der Waals surface area contributed by atoms with Crippen molar-refractivity contribution < 1.29 is 27.3 Å². The molecule has 0 saturated heterocycles. The number of benzene rings is 3. The quantitative estimate of drug-likeness (QED) is 0.216. The van der Waals surface area contributed by atoms with Crippen LogP contribution in [-0.4, -0.2) is 29.5 Å². The van der Waals surface area contributed by atoms with Gasteiger partial charge in [-0.15, -0.1) is 10.2 Å². The van der Waals surface area contributed by atoms with E-state index >= 15 is 0 Å². The summed E-state index contributed by atoms with van der Waals surface area (Å²) in [4.78, 5) is 22.6. The van der Waals surface area contributed by atoms with Crippen molar-refractivity contribution in [2.24, 2.45) is 0 Å². The summed E-state index contributed by atoms with van der Waals surface area (Å²) in [6.45, 7) is 1.49. The number of nitro groups is 1. The Morgan fingerprint density at radius 1 is 1.06 bits per heavy atom. The normalized spacial score (nSPS) is 11.1. The van der Waals surface area contributed by atoms with E-state index in [1.165, 1.54) is 48.5 Å². The Labute approximate surface area is 199 Å². The zero-order chi connectivity index (χ0) is 25.0. The Morgan fingerprint density at radius 2 is 1.80 bits per heavy atom. The van der Waals surface area contributed by atoms with Crippen molar-refractivity contribution in [3.63, 3.8) is 0 Å². The largest absolute Gasteiger partial charge is 0.452 e. The van der Waals surface area contributed by atoms with E-state index in [9.17, 15) is 23.3 Å². The number of nitro benzene ring substituents is 1. The molecule has 0 aliphatic rings. The predicted molar refractivity (Wildman–Crippen MR) is 124 cm³/mol. The molecule has 1 heterocycles. The summed E-state index contributed by atoms with van der Waals surface area (Å²) >= 11 is 0. The smallest absolute Gasteiger partial charge is 0.338 e. The van der Waals surface area contributed by atoms with Crippen LogP contribution in [-0.2, 0) is 21.4 Å². The van der Waals surface area contributed by atoms with Crippen LogP contribution in [0.4, 0.5) is 11.4 Å². The number of esters is 1. The minimum Gasteiger partial charge on any atom is -0.452 e. The topological polar surface area (TPSA) is 155 Å². The molecule has 1 aromatic heterocycles. The monoisotopic (exact) mass is 494 g/mol. The summed E-state index contributed by atoms with van der Waals surface area (Å²) in [5.41, 5.74) is 1.69. The molecule has 0 amide bonds. The minimum absolute atomic E-state index is 0.00315. The number of aryl methyl sites for hydroxylation is 1. The van der Waals surface area contributed by atoms with Crippen LogP contribution in [0.25, 0.3) is 11.5 Å². The molecule has 0 atom stereocenters. The Kier molecular flexibility index (Phi) is 6.55. The summed E-state index contributed by atoms with van der Waals surface area (Å²) in [5, 5.41) is 18.4. The Bertz CT molecular complexity index is 1500. The second kappa shape index (κ2) is 9.73. The maximum atomic E-state index is 12.7. The molecule has 12 heteroatoms. The van der Waals surface area contributed by atoms with Crippen LogP contribution in [0.1, 0.15) is 21.8 Å². The molecule has 0 spiro atoms. The summed E-state index contributed by atoms with van der Waals surface area (Å²) in [7, 11) is -3.93. The maximum absolute atomic E-state index is 12.7. The lowest BCUT2D eigenvalue weighted by molar-refractivity contribution is -0.384. The highest BCUT2D eigenvalue weighted by atomic mass is 32.2. The van der Waals surface area contributed by atoms with Gasteiger partial charge in [-0.2, -0.15) is 0 Å². The van der Waals surface area contributed by atoms with Crippen LogP contribution in [0.5, 0.6) is 0 Å². The molecule has 0 saturated carbocycles. The number of rotatable bonds is 8. The molecular formula is C23H18N4O7S. The van der Waals surface area contributed by atoms with E-state index in [-0.39, 0.29) is 34.5 Å². The average molecular weight is 494 g/mol. The fourth-order valence-electron chi connectivity index (χ4n) is 3.08. The van der Waals surface area contributed by atoms with E-state index in [4.69, 9.17) is 9.15 Å². The van der Waals surface area contributed by atoms with E-state index < -0.39 is 20.9 Å². The molecule has 0 unspecified atom stereocenters. The number of non-ortho nitro benzene ring substituents is 1. The van der Waals surface area contributed by atoms with Gasteiger partial charge in [0.15, 0.2) is 6.61 Å². The number of sulfonamides is 1. The number of ether oxygens (including phenoxy) is 1. The van der Waals surface area contributed by atoms with Gasteiger partial charge in [0.2, 0.25) is 5.89 Å². The number of hydrogen-bond acceptors (Lipinski definition) is 9. The molecule has 3 aromatic carbocycles. The van der Waals surface area contributed by atoms with Crippen molar-refractivity contribution >= 4 is 27.4 Å². The molecule has 0 aliphatic heterocycles. The third-order valence-corrected chi connectivity index (χ3v) is 6.15. The Balaban J connectivity index is 1.42. The molecule has 178 valence electrons. The Morgan fingerprint density at radius 3 is 2.51 bits per heavy atom. The number of nitrogens with one attached hydrogen (secondary N) is 1. The number of aromatic nitrogens is 2. The van der Waals surface area contributed by atoms with Gasteiger partial charge in [-0.25, -0.2) is 13.2 Å². The average Bonchev–Trinajstić information content (AvgIpc) is 3.31. The van der Waals surface area contributed by atoms with Gasteiger partial charge in [-0.1, -0.05) is 18.2 Å². The van der Waals surface area contributed by atoms with Crippen LogP contribution in [0.2, 0.25) is 0 Å². The summed E-state index contributed by atoms with van der Waals surface area (Å²) in [6.07, 6.45) is 0. The molecule has 11 nitrogen and oxygen atoms in total. The van der Waals surface area contributed by atoms with Crippen LogP contribution >= 0.6 is 0 Å². The van der Waals surface area contributed by atoms with Gasteiger partial charge < -0.3 is 9.15 Å². The summed E-state index contributed by atoms with van der Waals surface area (Å²) in [6, 6.07) is 17.8. The molecule has 35 heavy (non-hydrogen) atoms. The highest BCUT2D eigenvalue weighted by molar-refractivity contribution is 7.92. The van der Waals surface area contributed by atoms with E-state index in [0.717, 1.165) is 5.56 Å². The lowest BCUT2D eigenvalue weighted by Crippen LogP contribution is -2.14. The lowest BCUT2D eigenvalue weighted by atomic mass is 10.2. The number of carbonyl (C=O) groups excluding carboxylic acids is 1. The van der Waals surface area contributed by atoms with Crippen LogP contribution in [0.3, 0.4) is 0 Å². The first-order valence-corrected chi connectivity index (χ1v) is 11.6. The SMILES string of the molecule is Cc1cccc(NS(=O)(=O)c2cccc(C(=O)OCc3nnc(-c4ccc([N+](=O)[O-])cc4)o3)c2)c1. The van der Waals surface area contributed by atoms with Crippen molar-refractivity contribution in [3.05, 3.63) is 99.9 Å². The zero-order valence-electron chi connectivity index (χ0n) is 18.2. The number of hydrogen-bond donors (Lipinski definition) is 1. The van der Waals surface area contributed by atoms with Gasteiger partial charge in [-0.05, 0) is 55.0 Å². The van der Waals surface area contributed by atoms with Crippen LogP contribution in [0.15, 0.2) is 82.1 Å². The molecule has 4 aromatic rings. The third-order valence-electron chi connectivity index (χ3n) is 4.77. The van der Waals surface area contributed by atoms with Gasteiger partial charge in [0.1, 0.15) is 0 Å². The number of anilines is 1. The molecule has 1 N–H and O–H groups in total. The fourth-order valence-corrected chi connectivity index (χ4v) is 4.17. The second-order valence-electron chi connectivity index (χ2n) is 7.38. The summed E-state index contributed by atoms with van der Waals surface area (Å²) in [5.74, 6) is -0.689. The standard InChI is InChI=1S/C23H18N4O7S/c1-15-4-2-6-18(12-15)26-35(31,32)20-7-3-5-17(13-20)23(28)33-14-21-24-25-22(34-21)16-8-10-19(11-9-16)27(29)30/h2-13,26H,14H2,1H3. The molecule has 0 fully saturated rings. The molecular weight excluding hydrogens is 476 g/mol. The molecule has 0 radical (unpaired) electrons. The van der Waals surface area contributed by atoms with Crippen molar-refractivity contribution in [2.45, 2.75) is 18.4 Å². The highest BCUT2D eigenvalue weighted by Gasteiger charge is 2.18. The van der Waals surface area contributed by atoms with Gasteiger partial charge in [0.05, 0.1) is 15.4 Å². The highest BCUT2D eigenvalue weighted by Crippen LogP contribution is 2.22. The van der Waals surface area contributed by atoms with Crippen molar-refractivity contribution in [3.8, 4) is 11.5 Å². The first-order chi connectivity index (χ1) is 16.7. The van der Waals surface area contributed by atoms with Crippen LogP contribution in [0, 0.1) is 17.0 Å². The minimum atomic E-state index is -3.93. The third kappa shape index (κ3) is 5.68. The van der Waals surface area contributed by atoms with Crippen molar-refractivity contribution in [2.75, 3.05) is 4.72 Å². The van der Waals surface area contributed by atoms with E-state index in [0.29, 0.717) is 11.3 Å². The molecule has 0 bridgehead atoms. The van der Waals surface area contributed by atoms with Gasteiger partial charge in [0.25, 0.3) is 21.6 Å². The predicted octanol–water partition coefficient (Wildman–Crippen LogP) is 4.11. The lowest BCUT2D eigenvalue weighted by Gasteiger charge is -2.10. The Hall–Kier alpha value is -4.58. The van der Waals surface area contributed by atoms with E-state index in [1.807, 2.05) is 13.0 Å². The van der Waals surface area contributed by atoms with Gasteiger partial charge in [-0.3, -0.25) is 14.8 Å².